The lowest BCUT2D eigenvalue weighted by Gasteiger charge is -2.25. The second-order valence-corrected chi connectivity index (χ2v) is 4.97. The molecule has 0 radical (unpaired) electrons. The predicted molar refractivity (Wildman–Crippen MR) is 78.2 cm³/mol. The molecule has 0 fully saturated rings. The van der Waals surface area contributed by atoms with Crippen molar-refractivity contribution in [1.29, 1.82) is 0 Å². The third kappa shape index (κ3) is 2.61. The van der Waals surface area contributed by atoms with Crippen molar-refractivity contribution in [2.24, 2.45) is 0 Å². The van der Waals surface area contributed by atoms with Gasteiger partial charge in [-0.15, -0.1) is 0 Å². The smallest absolute Gasteiger partial charge is 0.0448 e. The average molecular weight is 253 g/mol. The molecule has 1 aliphatic heterocycles. The van der Waals surface area contributed by atoms with Gasteiger partial charge in [0.2, 0.25) is 0 Å². The summed E-state index contributed by atoms with van der Waals surface area (Å²) < 4.78 is 0. The van der Waals surface area contributed by atoms with Crippen LogP contribution in [0.1, 0.15) is 16.8 Å². The second kappa shape index (κ2) is 5.41. The van der Waals surface area contributed by atoms with Gasteiger partial charge in [-0.1, -0.05) is 24.3 Å². The molecule has 2 aromatic rings. The zero-order chi connectivity index (χ0) is 13.1. The molecule has 98 valence electrons. The van der Waals surface area contributed by atoms with E-state index in [1.807, 2.05) is 12.3 Å². The Morgan fingerprint density at radius 3 is 3.00 bits per heavy atom. The van der Waals surface area contributed by atoms with E-state index >= 15 is 0 Å². The van der Waals surface area contributed by atoms with Gasteiger partial charge < -0.3 is 10.2 Å². The van der Waals surface area contributed by atoms with Crippen LogP contribution < -0.4 is 10.2 Å². The largest absolute Gasteiger partial charge is 0.366 e. The highest BCUT2D eigenvalue weighted by molar-refractivity contribution is 5.54. The molecule has 1 aliphatic rings. The molecule has 0 unspecified atom stereocenters. The third-order valence-electron chi connectivity index (χ3n) is 3.68. The van der Waals surface area contributed by atoms with Gasteiger partial charge in [0.25, 0.3) is 0 Å². The van der Waals surface area contributed by atoms with E-state index < -0.39 is 0 Å². The van der Waals surface area contributed by atoms with Crippen molar-refractivity contribution in [3.63, 3.8) is 0 Å². The maximum Gasteiger partial charge on any atom is 0.0448 e. The lowest BCUT2D eigenvalue weighted by atomic mass is 10.1. The van der Waals surface area contributed by atoms with Gasteiger partial charge in [-0.05, 0) is 30.2 Å². The molecule has 3 heteroatoms. The number of nitrogens with one attached hydrogen (secondary N) is 1. The van der Waals surface area contributed by atoms with Crippen LogP contribution in [0.4, 0.5) is 5.69 Å². The molecular weight excluding hydrogens is 234 g/mol. The van der Waals surface area contributed by atoms with E-state index in [2.05, 4.69) is 52.5 Å². The molecule has 0 aliphatic carbocycles. The first kappa shape index (κ1) is 12.2. The minimum atomic E-state index is 0.929. The number of aryl methyl sites for hydroxylation is 1. The fourth-order valence-corrected chi connectivity index (χ4v) is 2.58. The standard InChI is InChI=1S/C16H19N3/c1-13-15(6-4-8-18-13)12-19-10-9-17-11-14-5-2-3-7-16(14)19/h2-8,17H,9-12H2,1H3. The molecule has 0 spiro atoms. The van der Waals surface area contributed by atoms with Gasteiger partial charge in [0.1, 0.15) is 0 Å². The van der Waals surface area contributed by atoms with E-state index in [9.17, 15) is 0 Å². The average Bonchev–Trinajstić information content (AvgIpc) is 2.64. The van der Waals surface area contributed by atoms with E-state index in [1.165, 1.54) is 16.8 Å². The number of fused-ring (bicyclic) bond motifs is 1. The van der Waals surface area contributed by atoms with Crippen molar-refractivity contribution >= 4 is 5.69 Å². The van der Waals surface area contributed by atoms with Gasteiger partial charge in [0.05, 0.1) is 0 Å². The first-order valence-corrected chi connectivity index (χ1v) is 6.78. The van der Waals surface area contributed by atoms with E-state index in [-0.39, 0.29) is 0 Å². The minimum Gasteiger partial charge on any atom is -0.366 e. The van der Waals surface area contributed by atoms with Crippen LogP contribution in [0.15, 0.2) is 42.6 Å². The summed E-state index contributed by atoms with van der Waals surface area (Å²) in [4.78, 5) is 6.83. The second-order valence-electron chi connectivity index (χ2n) is 4.97. The van der Waals surface area contributed by atoms with Crippen LogP contribution in [0, 0.1) is 6.92 Å². The van der Waals surface area contributed by atoms with Crippen LogP contribution in [-0.4, -0.2) is 18.1 Å². The molecule has 1 N–H and O–H groups in total. The van der Waals surface area contributed by atoms with Gasteiger partial charge in [-0.3, -0.25) is 4.98 Å². The highest BCUT2D eigenvalue weighted by Crippen LogP contribution is 2.24. The third-order valence-corrected chi connectivity index (χ3v) is 3.68. The number of pyridine rings is 1. The van der Waals surface area contributed by atoms with Crippen molar-refractivity contribution in [3.8, 4) is 0 Å². The quantitative estimate of drug-likeness (QED) is 0.891. The number of rotatable bonds is 2. The van der Waals surface area contributed by atoms with Crippen molar-refractivity contribution in [3.05, 3.63) is 59.4 Å². The van der Waals surface area contributed by atoms with E-state index in [4.69, 9.17) is 0 Å². The van der Waals surface area contributed by atoms with E-state index in [0.29, 0.717) is 0 Å². The predicted octanol–water partition coefficient (Wildman–Crippen LogP) is 2.50. The molecule has 0 atom stereocenters. The number of hydrogen-bond acceptors (Lipinski definition) is 3. The molecule has 1 aromatic heterocycles. The minimum absolute atomic E-state index is 0.929. The van der Waals surface area contributed by atoms with Crippen molar-refractivity contribution < 1.29 is 0 Å². The van der Waals surface area contributed by atoms with Crippen molar-refractivity contribution in [2.45, 2.75) is 20.0 Å². The topological polar surface area (TPSA) is 28.2 Å². The Labute approximate surface area is 114 Å². The molecule has 1 aromatic carbocycles. The summed E-state index contributed by atoms with van der Waals surface area (Å²) >= 11 is 0. The first-order valence-electron chi connectivity index (χ1n) is 6.78. The molecule has 3 rings (SSSR count). The Kier molecular flexibility index (Phi) is 3.47. The van der Waals surface area contributed by atoms with Gasteiger partial charge in [0.15, 0.2) is 0 Å². The van der Waals surface area contributed by atoms with Gasteiger partial charge >= 0.3 is 0 Å². The van der Waals surface area contributed by atoms with Gasteiger partial charge in [-0.2, -0.15) is 0 Å². The van der Waals surface area contributed by atoms with E-state index in [0.717, 1.165) is 31.9 Å². The summed E-state index contributed by atoms with van der Waals surface area (Å²) in [7, 11) is 0. The molecule has 19 heavy (non-hydrogen) atoms. The van der Waals surface area contributed by atoms with E-state index in [1.54, 1.807) is 0 Å². The molecule has 3 nitrogen and oxygen atoms in total. The maximum atomic E-state index is 4.38. The first-order chi connectivity index (χ1) is 9.34. The van der Waals surface area contributed by atoms with Crippen LogP contribution in [0.2, 0.25) is 0 Å². The van der Waals surface area contributed by atoms with Crippen LogP contribution in [0.3, 0.4) is 0 Å². The fraction of sp³-hybridized carbons (Fsp3) is 0.312. The molecule has 0 amide bonds. The van der Waals surface area contributed by atoms with Crippen LogP contribution in [0.5, 0.6) is 0 Å². The molecule has 2 heterocycles. The summed E-state index contributed by atoms with van der Waals surface area (Å²) in [5.74, 6) is 0. The summed E-state index contributed by atoms with van der Waals surface area (Å²) in [6.07, 6.45) is 1.86. The van der Waals surface area contributed by atoms with Gasteiger partial charge in [-0.25, -0.2) is 0 Å². The molecule has 0 bridgehead atoms. The normalized spacial score (nSPS) is 14.9. The number of aromatic nitrogens is 1. The monoisotopic (exact) mass is 253 g/mol. The Hall–Kier alpha value is -1.87. The lowest BCUT2D eigenvalue weighted by molar-refractivity contribution is 0.687. The fourth-order valence-electron chi connectivity index (χ4n) is 2.58. The van der Waals surface area contributed by atoms with Crippen molar-refractivity contribution in [2.75, 3.05) is 18.0 Å². The number of nitrogens with zero attached hydrogens (tertiary/aromatic N) is 2. The lowest BCUT2D eigenvalue weighted by Crippen LogP contribution is -2.28. The SMILES string of the molecule is Cc1ncccc1CN1CCNCc2ccccc21. The number of anilines is 1. The Bertz CT molecular complexity index is 565. The van der Waals surface area contributed by atoms with Crippen LogP contribution >= 0.6 is 0 Å². The summed E-state index contributed by atoms with van der Waals surface area (Å²) in [5, 5.41) is 3.48. The number of benzene rings is 1. The highest BCUT2D eigenvalue weighted by atomic mass is 15.2. The van der Waals surface area contributed by atoms with Crippen LogP contribution in [-0.2, 0) is 13.1 Å². The van der Waals surface area contributed by atoms with Crippen LogP contribution in [0.25, 0.3) is 0 Å². The Morgan fingerprint density at radius 2 is 2.11 bits per heavy atom. The molecular formula is C16H19N3. The maximum absolute atomic E-state index is 4.38. The summed E-state index contributed by atoms with van der Waals surface area (Å²) in [6.45, 7) is 6.02. The zero-order valence-electron chi connectivity index (χ0n) is 11.3. The number of hydrogen-bond donors (Lipinski definition) is 1. The van der Waals surface area contributed by atoms with Gasteiger partial charge in [0, 0.05) is 43.8 Å². The Balaban J connectivity index is 1.91. The summed E-state index contributed by atoms with van der Waals surface area (Å²) in [6, 6.07) is 12.8. The van der Waals surface area contributed by atoms with Crippen molar-refractivity contribution in [1.82, 2.24) is 10.3 Å². The number of para-hydroxylation sites is 1. The molecule has 0 saturated carbocycles. The Morgan fingerprint density at radius 1 is 1.21 bits per heavy atom. The highest BCUT2D eigenvalue weighted by Gasteiger charge is 2.15. The zero-order valence-corrected chi connectivity index (χ0v) is 11.3. The molecule has 0 saturated heterocycles. The summed E-state index contributed by atoms with van der Waals surface area (Å²) in [5.41, 5.74) is 5.15.